The van der Waals surface area contributed by atoms with Crippen molar-refractivity contribution in [3.8, 4) is 0 Å². The number of hydrogen-bond donors (Lipinski definition) is 0. The number of benzene rings is 1. The van der Waals surface area contributed by atoms with E-state index in [0.717, 1.165) is 5.56 Å². The van der Waals surface area contributed by atoms with Crippen molar-refractivity contribution in [1.29, 1.82) is 0 Å². The Labute approximate surface area is 167 Å². The zero-order valence-electron chi connectivity index (χ0n) is 16.8. The van der Waals surface area contributed by atoms with Crippen LogP contribution >= 0.6 is 0 Å². The molecular formula is C24H27NO3. The van der Waals surface area contributed by atoms with Gasteiger partial charge in [-0.2, -0.15) is 0 Å². The van der Waals surface area contributed by atoms with Crippen molar-refractivity contribution in [1.82, 2.24) is 4.98 Å². The number of aromatic nitrogens is 1. The molecule has 4 heteroatoms. The van der Waals surface area contributed by atoms with Crippen LogP contribution in [0.5, 0.6) is 0 Å². The molecule has 0 amide bonds. The third-order valence-corrected chi connectivity index (χ3v) is 3.01. The number of pyridine rings is 1. The van der Waals surface area contributed by atoms with Crippen LogP contribution in [-0.2, 0) is 9.59 Å². The number of ketones is 3. The van der Waals surface area contributed by atoms with Crippen molar-refractivity contribution in [3.05, 3.63) is 96.4 Å². The lowest BCUT2D eigenvalue weighted by Gasteiger charge is -1.88. The molecule has 0 aliphatic heterocycles. The molecule has 0 atom stereocenters. The number of allylic oxidation sites excluding steroid dienone is 5. The average molecular weight is 377 g/mol. The summed E-state index contributed by atoms with van der Waals surface area (Å²) in [5.74, 6) is 0.222. The van der Waals surface area contributed by atoms with Crippen molar-refractivity contribution < 1.29 is 14.4 Å². The van der Waals surface area contributed by atoms with Gasteiger partial charge in [0.1, 0.15) is 0 Å². The minimum atomic E-state index is 0.0584. The molecule has 0 fully saturated rings. The Morgan fingerprint density at radius 1 is 0.821 bits per heavy atom. The van der Waals surface area contributed by atoms with Crippen LogP contribution in [0.2, 0.25) is 0 Å². The molecule has 0 saturated carbocycles. The fourth-order valence-corrected chi connectivity index (χ4v) is 1.65. The topological polar surface area (TPSA) is 64.1 Å². The zero-order chi connectivity index (χ0) is 21.2. The van der Waals surface area contributed by atoms with E-state index >= 15 is 0 Å². The first kappa shape index (κ1) is 24.6. The minimum absolute atomic E-state index is 0.0584. The highest BCUT2D eigenvalue weighted by molar-refractivity contribution is 5.93. The first-order chi connectivity index (χ1) is 13.4. The highest BCUT2D eigenvalue weighted by Crippen LogP contribution is 2.00. The Morgan fingerprint density at radius 2 is 1.46 bits per heavy atom. The molecule has 1 aromatic carbocycles. The van der Waals surface area contributed by atoms with Gasteiger partial charge in [0.05, 0.1) is 0 Å². The van der Waals surface area contributed by atoms with E-state index in [1.165, 1.54) is 19.9 Å². The minimum Gasteiger partial charge on any atom is -0.295 e. The van der Waals surface area contributed by atoms with Gasteiger partial charge in [-0.05, 0) is 57.5 Å². The number of carbonyl (C=O) groups is 3. The SMILES string of the molecule is C/C=C/C=C/C(C)=O.CC(=O)/C=C/c1ccccc1.CC(=O)c1cccnc1. The molecule has 28 heavy (non-hydrogen) atoms. The third kappa shape index (κ3) is 14.9. The van der Waals surface area contributed by atoms with E-state index < -0.39 is 0 Å². The van der Waals surface area contributed by atoms with Crippen molar-refractivity contribution in [3.63, 3.8) is 0 Å². The van der Waals surface area contributed by atoms with E-state index in [1.54, 1.807) is 43.6 Å². The number of hydrogen-bond acceptors (Lipinski definition) is 4. The van der Waals surface area contributed by atoms with Crippen LogP contribution in [0, 0.1) is 0 Å². The lowest BCUT2D eigenvalue weighted by Crippen LogP contribution is -1.90. The average Bonchev–Trinajstić information content (AvgIpc) is 2.69. The Morgan fingerprint density at radius 3 is 1.89 bits per heavy atom. The van der Waals surface area contributed by atoms with Crippen LogP contribution in [0.1, 0.15) is 43.6 Å². The summed E-state index contributed by atoms with van der Waals surface area (Å²) in [7, 11) is 0. The molecule has 0 N–H and O–H groups in total. The molecule has 1 aromatic heterocycles. The molecule has 0 bridgehead atoms. The molecule has 0 radical (unpaired) electrons. The summed E-state index contributed by atoms with van der Waals surface area (Å²) in [6.07, 6.45) is 13.5. The molecule has 2 rings (SSSR count). The number of rotatable bonds is 5. The number of carbonyl (C=O) groups excluding carboxylic acids is 3. The fourth-order valence-electron chi connectivity index (χ4n) is 1.65. The Kier molecular flexibility index (Phi) is 13.9. The van der Waals surface area contributed by atoms with Crippen LogP contribution in [0.15, 0.2) is 85.2 Å². The highest BCUT2D eigenvalue weighted by atomic mass is 16.1. The van der Waals surface area contributed by atoms with Gasteiger partial charge in [-0.25, -0.2) is 0 Å². The molecule has 2 aromatic rings. The second kappa shape index (κ2) is 15.8. The largest absolute Gasteiger partial charge is 0.295 e. The van der Waals surface area contributed by atoms with Gasteiger partial charge in [-0.3, -0.25) is 19.4 Å². The Balaban J connectivity index is 0.000000397. The maximum absolute atomic E-state index is 10.6. The molecule has 0 aliphatic rings. The summed E-state index contributed by atoms with van der Waals surface area (Å²) < 4.78 is 0. The first-order valence-corrected chi connectivity index (χ1v) is 8.81. The van der Waals surface area contributed by atoms with Crippen molar-refractivity contribution in [2.24, 2.45) is 0 Å². The molecule has 0 spiro atoms. The van der Waals surface area contributed by atoms with E-state index in [1.807, 2.05) is 55.5 Å². The maximum atomic E-state index is 10.6. The van der Waals surface area contributed by atoms with Crippen molar-refractivity contribution >= 4 is 23.4 Å². The Bertz CT molecular complexity index is 804. The summed E-state index contributed by atoms with van der Waals surface area (Å²) >= 11 is 0. The van der Waals surface area contributed by atoms with Gasteiger partial charge < -0.3 is 0 Å². The smallest absolute Gasteiger partial charge is 0.161 e. The van der Waals surface area contributed by atoms with Crippen molar-refractivity contribution in [2.45, 2.75) is 27.7 Å². The fraction of sp³-hybridized carbons (Fsp3) is 0.167. The molecule has 0 aliphatic carbocycles. The van der Waals surface area contributed by atoms with Crippen LogP contribution in [-0.4, -0.2) is 22.3 Å². The monoisotopic (exact) mass is 377 g/mol. The molecule has 4 nitrogen and oxygen atoms in total. The molecule has 0 unspecified atom stereocenters. The lowest BCUT2D eigenvalue weighted by atomic mass is 10.2. The standard InChI is InChI=1S/C10H10O.C7H7NO.C7H10O/c1-9(11)7-8-10-5-3-2-4-6-10;1-6(9)7-3-2-4-8-5-7;1-3-4-5-6-7(2)8/h2-8H,1H3;2-5H,1H3;3-6H,1-2H3/b8-7+;;4-3+,6-5+. The van der Waals surface area contributed by atoms with E-state index in [2.05, 4.69) is 4.98 Å². The predicted molar refractivity (Wildman–Crippen MR) is 115 cm³/mol. The molecule has 146 valence electrons. The third-order valence-electron chi connectivity index (χ3n) is 3.01. The van der Waals surface area contributed by atoms with Gasteiger partial charge in [0, 0.05) is 18.0 Å². The summed E-state index contributed by atoms with van der Waals surface area (Å²) in [5, 5.41) is 0. The first-order valence-electron chi connectivity index (χ1n) is 8.81. The van der Waals surface area contributed by atoms with Crippen LogP contribution < -0.4 is 0 Å². The highest BCUT2D eigenvalue weighted by Gasteiger charge is 1.93. The molecule has 0 saturated heterocycles. The van der Waals surface area contributed by atoms with E-state index in [0.29, 0.717) is 5.56 Å². The van der Waals surface area contributed by atoms with Gasteiger partial charge in [0.15, 0.2) is 17.3 Å². The summed E-state index contributed by atoms with van der Waals surface area (Å²) in [6, 6.07) is 13.2. The van der Waals surface area contributed by atoms with Crippen LogP contribution in [0.4, 0.5) is 0 Å². The van der Waals surface area contributed by atoms with Crippen LogP contribution in [0.25, 0.3) is 6.08 Å². The molecular weight excluding hydrogens is 350 g/mol. The lowest BCUT2D eigenvalue weighted by molar-refractivity contribution is -0.113. The summed E-state index contributed by atoms with van der Waals surface area (Å²) in [4.78, 5) is 35.1. The number of nitrogens with zero attached hydrogens (tertiary/aromatic N) is 1. The van der Waals surface area contributed by atoms with Gasteiger partial charge >= 0.3 is 0 Å². The van der Waals surface area contributed by atoms with Gasteiger partial charge in [0.25, 0.3) is 0 Å². The van der Waals surface area contributed by atoms with E-state index in [9.17, 15) is 14.4 Å². The van der Waals surface area contributed by atoms with Gasteiger partial charge in [-0.1, -0.05) is 54.6 Å². The number of Topliss-reactive ketones (excluding diaryl/α,β-unsaturated/α-hetero) is 1. The normalized spacial score (nSPS) is 10.1. The van der Waals surface area contributed by atoms with Gasteiger partial charge in [-0.15, -0.1) is 0 Å². The maximum Gasteiger partial charge on any atom is 0.161 e. The summed E-state index contributed by atoms with van der Waals surface area (Å²) in [5.41, 5.74) is 1.72. The van der Waals surface area contributed by atoms with E-state index in [4.69, 9.17) is 0 Å². The Hall–Kier alpha value is -3.40. The zero-order valence-corrected chi connectivity index (χ0v) is 16.8. The molecule has 1 heterocycles. The predicted octanol–water partition coefficient (Wildman–Crippen LogP) is 5.28. The van der Waals surface area contributed by atoms with Crippen molar-refractivity contribution in [2.75, 3.05) is 0 Å². The second-order valence-electron chi connectivity index (χ2n) is 5.65. The summed E-state index contributed by atoms with van der Waals surface area (Å²) in [6.45, 7) is 6.50. The van der Waals surface area contributed by atoms with E-state index in [-0.39, 0.29) is 17.3 Å². The van der Waals surface area contributed by atoms with Crippen LogP contribution in [0.3, 0.4) is 0 Å². The van der Waals surface area contributed by atoms with Gasteiger partial charge in [0.2, 0.25) is 0 Å². The second-order valence-corrected chi connectivity index (χ2v) is 5.65. The quantitative estimate of drug-likeness (QED) is 0.404.